The van der Waals surface area contributed by atoms with Crippen LogP contribution in [0.25, 0.3) is 33.2 Å². The van der Waals surface area contributed by atoms with E-state index in [4.69, 9.17) is 4.74 Å². The first kappa shape index (κ1) is 17.6. The number of carbonyl (C=O) groups excluding carboxylic acids is 1. The molecule has 28 heavy (non-hydrogen) atoms. The predicted molar refractivity (Wildman–Crippen MR) is 109 cm³/mol. The molecule has 138 valence electrons. The molecule has 0 aliphatic carbocycles. The van der Waals surface area contributed by atoms with Gasteiger partial charge < -0.3 is 14.3 Å². The Balaban J connectivity index is 1.81. The number of esters is 1. The zero-order chi connectivity index (χ0) is 19.7. The Hall–Kier alpha value is -3.78. The number of H-pyrrole nitrogens is 1. The number of hydrogen-bond acceptors (Lipinski definition) is 3. The average Bonchev–Trinajstić information content (AvgIpc) is 3.32. The van der Waals surface area contributed by atoms with Crippen LogP contribution in [0.2, 0.25) is 0 Å². The molecule has 0 radical (unpaired) electrons. The fourth-order valence-electron chi connectivity index (χ4n) is 3.60. The van der Waals surface area contributed by atoms with Gasteiger partial charge in [-0.05, 0) is 35.7 Å². The SMILES string of the molecule is CCOC(=O)c1c(-c2ccc(-c3cccc4[nH]ccc34)cc2)c(C#N)cn1C. The second kappa shape index (κ2) is 7.09. The number of fused-ring (bicyclic) bond motifs is 1. The molecule has 2 aromatic heterocycles. The Morgan fingerprint density at radius 2 is 1.89 bits per heavy atom. The molecule has 0 aliphatic rings. The molecule has 5 nitrogen and oxygen atoms in total. The third-order valence-corrected chi connectivity index (χ3v) is 4.85. The summed E-state index contributed by atoms with van der Waals surface area (Å²) in [4.78, 5) is 15.7. The van der Waals surface area contributed by atoms with Gasteiger partial charge in [-0.2, -0.15) is 5.26 Å². The van der Waals surface area contributed by atoms with Crippen LogP contribution in [0, 0.1) is 11.3 Å². The summed E-state index contributed by atoms with van der Waals surface area (Å²) in [6.07, 6.45) is 3.59. The first-order chi connectivity index (χ1) is 13.6. The molecular formula is C23H19N3O2. The third kappa shape index (κ3) is 2.85. The van der Waals surface area contributed by atoms with Gasteiger partial charge in [-0.3, -0.25) is 0 Å². The molecule has 0 saturated carbocycles. The Kier molecular flexibility index (Phi) is 4.46. The summed E-state index contributed by atoms with van der Waals surface area (Å²) in [7, 11) is 1.75. The number of nitriles is 1. The minimum atomic E-state index is -0.428. The minimum absolute atomic E-state index is 0.283. The van der Waals surface area contributed by atoms with Crippen LogP contribution in [0.3, 0.4) is 0 Å². The summed E-state index contributed by atoms with van der Waals surface area (Å²) < 4.78 is 6.84. The lowest BCUT2D eigenvalue weighted by molar-refractivity contribution is 0.0516. The van der Waals surface area contributed by atoms with Crippen LogP contribution in [0.15, 0.2) is 60.9 Å². The van der Waals surface area contributed by atoms with E-state index >= 15 is 0 Å². The maximum Gasteiger partial charge on any atom is 0.355 e. The van der Waals surface area contributed by atoms with Crippen LogP contribution in [-0.2, 0) is 11.8 Å². The van der Waals surface area contributed by atoms with Gasteiger partial charge in [-0.1, -0.05) is 36.4 Å². The largest absolute Gasteiger partial charge is 0.461 e. The smallest absolute Gasteiger partial charge is 0.355 e. The molecule has 0 atom stereocenters. The summed E-state index contributed by atoms with van der Waals surface area (Å²) in [5, 5.41) is 10.7. The number of aromatic amines is 1. The number of aryl methyl sites for hydroxylation is 1. The molecule has 0 amide bonds. The summed E-state index contributed by atoms with van der Waals surface area (Å²) in [5.41, 5.74) is 5.54. The molecule has 0 bridgehead atoms. The molecule has 5 heteroatoms. The Labute approximate surface area is 162 Å². The van der Waals surface area contributed by atoms with Gasteiger partial charge in [0.2, 0.25) is 0 Å². The van der Waals surface area contributed by atoms with Crippen LogP contribution in [0.1, 0.15) is 23.0 Å². The van der Waals surface area contributed by atoms with Crippen molar-refractivity contribution in [1.29, 1.82) is 5.26 Å². The van der Waals surface area contributed by atoms with E-state index < -0.39 is 5.97 Å². The number of carbonyl (C=O) groups is 1. The van der Waals surface area contributed by atoms with E-state index in [1.807, 2.05) is 42.6 Å². The van der Waals surface area contributed by atoms with Gasteiger partial charge in [-0.15, -0.1) is 0 Å². The van der Waals surface area contributed by atoms with E-state index in [0.717, 1.165) is 27.6 Å². The Morgan fingerprint density at radius 1 is 1.14 bits per heavy atom. The number of nitrogens with one attached hydrogen (secondary N) is 1. The zero-order valence-corrected chi connectivity index (χ0v) is 15.7. The Morgan fingerprint density at radius 3 is 2.61 bits per heavy atom. The minimum Gasteiger partial charge on any atom is -0.461 e. The van der Waals surface area contributed by atoms with Gasteiger partial charge in [0, 0.05) is 35.9 Å². The van der Waals surface area contributed by atoms with Crippen molar-refractivity contribution in [2.75, 3.05) is 6.61 Å². The van der Waals surface area contributed by atoms with Gasteiger partial charge in [-0.25, -0.2) is 4.79 Å². The highest BCUT2D eigenvalue weighted by Gasteiger charge is 2.22. The average molecular weight is 369 g/mol. The van der Waals surface area contributed by atoms with Crippen molar-refractivity contribution in [3.63, 3.8) is 0 Å². The summed E-state index contributed by atoms with van der Waals surface area (Å²) in [6.45, 7) is 2.05. The normalized spacial score (nSPS) is 10.8. The van der Waals surface area contributed by atoms with Crippen molar-refractivity contribution in [2.24, 2.45) is 7.05 Å². The lowest BCUT2D eigenvalue weighted by Crippen LogP contribution is -2.10. The van der Waals surface area contributed by atoms with Crippen LogP contribution in [-0.4, -0.2) is 22.1 Å². The van der Waals surface area contributed by atoms with Crippen LogP contribution < -0.4 is 0 Å². The van der Waals surface area contributed by atoms with E-state index in [1.165, 1.54) is 0 Å². The van der Waals surface area contributed by atoms with Crippen molar-refractivity contribution in [2.45, 2.75) is 6.92 Å². The maximum absolute atomic E-state index is 12.4. The second-order valence-corrected chi connectivity index (χ2v) is 6.53. The van der Waals surface area contributed by atoms with Crippen LogP contribution in [0.5, 0.6) is 0 Å². The lowest BCUT2D eigenvalue weighted by Gasteiger charge is -2.09. The molecule has 0 saturated heterocycles. The van der Waals surface area contributed by atoms with E-state index in [1.54, 1.807) is 24.7 Å². The van der Waals surface area contributed by atoms with E-state index in [-0.39, 0.29) is 6.61 Å². The van der Waals surface area contributed by atoms with Crippen molar-refractivity contribution < 1.29 is 9.53 Å². The molecular weight excluding hydrogens is 350 g/mol. The van der Waals surface area contributed by atoms with Crippen molar-refractivity contribution >= 4 is 16.9 Å². The third-order valence-electron chi connectivity index (χ3n) is 4.85. The predicted octanol–water partition coefficient (Wildman–Crippen LogP) is 4.89. The molecule has 0 unspecified atom stereocenters. The summed E-state index contributed by atoms with van der Waals surface area (Å²) in [6, 6.07) is 18.3. The number of nitrogens with zero attached hydrogens (tertiary/aromatic N) is 2. The van der Waals surface area contributed by atoms with E-state index in [0.29, 0.717) is 16.8 Å². The number of aromatic nitrogens is 2. The van der Waals surface area contributed by atoms with Crippen LogP contribution >= 0.6 is 0 Å². The van der Waals surface area contributed by atoms with E-state index in [2.05, 4.69) is 23.2 Å². The molecule has 0 spiro atoms. The number of benzene rings is 2. The number of ether oxygens (including phenoxy) is 1. The monoisotopic (exact) mass is 369 g/mol. The summed E-state index contributed by atoms with van der Waals surface area (Å²) in [5.74, 6) is -0.428. The molecule has 4 rings (SSSR count). The van der Waals surface area contributed by atoms with Gasteiger partial charge >= 0.3 is 5.97 Å². The standard InChI is InChI=1S/C23H19N3O2/c1-3-28-23(27)22-21(17(13-24)14-26(22)2)16-9-7-15(8-10-16)18-5-4-6-20-19(18)11-12-25-20/h4-12,14,25H,3H2,1-2H3. The second-order valence-electron chi connectivity index (χ2n) is 6.53. The first-order valence-electron chi connectivity index (χ1n) is 9.07. The van der Waals surface area contributed by atoms with Gasteiger partial charge in [0.25, 0.3) is 0 Å². The van der Waals surface area contributed by atoms with Crippen molar-refractivity contribution in [3.05, 3.63) is 72.2 Å². The van der Waals surface area contributed by atoms with Crippen molar-refractivity contribution in [3.8, 4) is 28.3 Å². The molecule has 0 aliphatic heterocycles. The first-order valence-corrected chi connectivity index (χ1v) is 9.07. The fourth-order valence-corrected chi connectivity index (χ4v) is 3.60. The lowest BCUT2D eigenvalue weighted by atomic mass is 9.97. The zero-order valence-electron chi connectivity index (χ0n) is 15.7. The molecule has 2 aromatic carbocycles. The van der Waals surface area contributed by atoms with Crippen LogP contribution in [0.4, 0.5) is 0 Å². The molecule has 4 aromatic rings. The quantitative estimate of drug-likeness (QED) is 0.521. The maximum atomic E-state index is 12.4. The number of hydrogen-bond donors (Lipinski definition) is 1. The highest BCUT2D eigenvalue weighted by molar-refractivity contribution is 5.99. The topological polar surface area (TPSA) is 70.8 Å². The van der Waals surface area contributed by atoms with Gasteiger partial charge in [0.05, 0.1) is 12.2 Å². The van der Waals surface area contributed by atoms with Gasteiger partial charge in [0.15, 0.2) is 0 Å². The van der Waals surface area contributed by atoms with Gasteiger partial charge in [0.1, 0.15) is 11.8 Å². The Bertz CT molecular complexity index is 1210. The fraction of sp³-hybridized carbons (Fsp3) is 0.130. The van der Waals surface area contributed by atoms with E-state index in [9.17, 15) is 10.1 Å². The highest BCUT2D eigenvalue weighted by atomic mass is 16.5. The molecule has 2 heterocycles. The summed E-state index contributed by atoms with van der Waals surface area (Å²) >= 11 is 0. The van der Waals surface area contributed by atoms with Crippen molar-refractivity contribution in [1.82, 2.24) is 9.55 Å². The number of rotatable bonds is 4. The molecule has 1 N–H and O–H groups in total. The highest BCUT2D eigenvalue weighted by Crippen LogP contribution is 2.33. The molecule has 0 fully saturated rings.